The number of hydrogen-bond acceptors (Lipinski definition) is 4. The summed E-state index contributed by atoms with van der Waals surface area (Å²) in [6, 6.07) is 6.02. The van der Waals surface area contributed by atoms with E-state index in [9.17, 15) is 14.3 Å². The van der Waals surface area contributed by atoms with Gasteiger partial charge in [0, 0.05) is 20.6 Å². The number of nitrogens with zero attached hydrogens (tertiary/aromatic N) is 2. The normalized spacial score (nSPS) is 12.3. The van der Waals surface area contributed by atoms with Crippen molar-refractivity contribution in [3.63, 3.8) is 0 Å². The van der Waals surface area contributed by atoms with Crippen LogP contribution in [0.25, 0.3) is 0 Å². The van der Waals surface area contributed by atoms with Gasteiger partial charge in [0.25, 0.3) is 0 Å². The number of likely N-dealkylation sites (N-methyl/N-ethyl adjacent to an activating group) is 2. The summed E-state index contributed by atoms with van der Waals surface area (Å²) in [6.45, 7) is 0.458. The largest absolute Gasteiger partial charge is 0.488 e. The molecule has 1 aromatic rings. The molecule has 0 saturated heterocycles. The van der Waals surface area contributed by atoms with Gasteiger partial charge in [0.05, 0.1) is 6.54 Å². The van der Waals surface area contributed by atoms with Gasteiger partial charge in [-0.15, -0.1) is 0 Å². The summed E-state index contributed by atoms with van der Waals surface area (Å²) in [5, 5.41) is 9.81. The second kappa shape index (κ2) is 7.81. The molecule has 0 bridgehead atoms. The standard InChI is InChI=1S/C14H21FN2O3/c1-16(2)14(19)9-17(3)8-11(18)10-20-13-7-5-4-6-12(13)15/h4-7,11,18H,8-10H2,1-3H3. The van der Waals surface area contributed by atoms with E-state index in [0.29, 0.717) is 0 Å². The lowest BCUT2D eigenvalue weighted by Crippen LogP contribution is -2.39. The SMILES string of the molecule is CN(CC(=O)N(C)C)CC(O)COc1ccccc1F. The fourth-order valence-corrected chi connectivity index (χ4v) is 1.60. The molecule has 20 heavy (non-hydrogen) atoms. The van der Waals surface area contributed by atoms with Gasteiger partial charge in [-0.25, -0.2) is 4.39 Å². The van der Waals surface area contributed by atoms with Gasteiger partial charge in [-0.2, -0.15) is 0 Å². The minimum absolute atomic E-state index is 0.0264. The first-order valence-electron chi connectivity index (χ1n) is 6.34. The maximum absolute atomic E-state index is 13.3. The molecule has 0 heterocycles. The van der Waals surface area contributed by atoms with Crippen LogP contribution in [0.4, 0.5) is 4.39 Å². The molecule has 1 aromatic carbocycles. The number of carbonyl (C=O) groups is 1. The summed E-state index contributed by atoms with van der Waals surface area (Å²) < 4.78 is 18.5. The molecule has 1 amide bonds. The highest BCUT2D eigenvalue weighted by molar-refractivity contribution is 5.77. The van der Waals surface area contributed by atoms with E-state index < -0.39 is 11.9 Å². The van der Waals surface area contributed by atoms with Crippen molar-refractivity contribution in [1.82, 2.24) is 9.80 Å². The molecule has 0 fully saturated rings. The number of hydrogen-bond donors (Lipinski definition) is 1. The van der Waals surface area contributed by atoms with Crippen LogP contribution in [0.15, 0.2) is 24.3 Å². The van der Waals surface area contributed by atoms with Crippen LogP contribution >= 0.6 is 0 Å². The van der Waals surface area contributed by atoms with Gasteiger partial charge in [-0.1, -0.05) is 12.1 Å². The van der Waals surface area contributed by atoms with Crippen molar-refractivity contribution in [2.45, 2.75) is 6.10 Å². The van der Waals surface area contributed by atoms with Gasteiger partial charge < -0.3 is 14.7 Å². The predicted molar refractivity (Wildman–Crippen MR) is 74.1 cm³/mol. The Labute approximate surface area is 118 Å². The molecule has 0 saturated carbocycles. The van der Waals surface area contributed by atoms with Crippen LogP contribution in [0, 0.1) is 5.82 Å². The van der Waals surface area contributed by atoms with Gasteiger partial charge in [-0.05, 0) is 19.2 Å². The Balaban J connectivity index is 2.35. The van der Waals surface area contributed by atoms with Crippen molar-refractivity contribution >= 4 is 5.91 Å². The molecular weight excluding hydrogens is 263 g/mol. The molecule has 1 rings (SSSR count). The fourth-order valence-electron chi connectivity index (χ4n) is 1.60. The zero-order valence-electron chi connectivity index (χ0n) is 12.0. The van der Waals surface area contributed by atoms with Crippen LogP contribution in [0.2, 0.25) is 0 Å². The summed E-state index contributed by atoms with van der Waals surface area (Å²) in [6.07, 6.45) is -0.797. The number of para-hydroxylation sites is 1. The second-order valence-electron chi connectivity index (χ2n) is 4.88. The van der Waals surface area contributed by atoms with Crippen LogP contribution in [-0.2, 0) is 4.79 Å². The molecule has 0 aliphatic rings. The Morgan fingerprint density at radius 2 is 2.00 bits per heavy atom. The number of halogens is 1. The van der Waals surface area contributed by atoms with Crippen LogP contribution < -0.4 is 4.74 Å². The monoisotopic (exact) mass is 284 g/mol. The minimum atomic E-state index is -0.797. The van der Waals surface area contributed by atoms with E-state index in [1.54, 1.807) is 38.2 Å². The molecule has 0 aliphatic carbocycles. The van der Waals surface area contributed by atoms with Crippen molar-refractivity contribution in [2.75, 3.05) is 40.8 Å². The highest BCUT2D eigenvalue weighted by Gasteiger charge is 2.14. The third-order valence-corrected chi connectivity index (χ3v) is 2.69. The van der Waals surface area contributed by atoms with Gasteiger partial charge in [0.1, 0.15) is 12.7 Å². The predicted octanol–water partition coefficient (Wildman–Crippen LogP) is 0.585. The molecule has 1 N–H and O–H groups in total. The van der Waals surface area contributed by atoms with Crippen LogP contribution in [-0.4, -0.2) is 67.8 Å². The van der Waals surface area contributed by atoms with E-state index in [4.69, 9.17) is 4.74 Å². The first-order valence-corrected chi connectivity index (χ1v) is 6.34. The van der Waals surface area contributed by atoms with Crippen LogP contribution in [0.3, 0.4) is 0 Å². The molecule has 112 valence electrons. The summed E-state index contributed by atoms with van der Waals surface area (Å²) in [4.78, 5) is 14.7. The van der Waals surface area contributed by atoms with E-state index in [1.165, 1.54) is 17.0 Å². The first kappa shape index (κ1) is 16.4. The minimum Gasteiger partial charge on any atom is -0.488 e. The Kier molecular flexibility index (Phi) is 6.41. The maximum Gasteiger partial charge on any atom is 0.236 e. The smallest absolute Gasteiger partial charge is 0.236 e. The zero-order valence-corrected chi connectivity index (χ0v) is 12.0. The van der Waals surface area contributed by atoms with Gasteiger partial charge in [-0.3, -0.25) is 9.69 Å². The first-order chi connectivity index (χ1) is 9.40. The van der Waals surface area contributed by atoms with Crippen LogP contribution in [0.5, 0.6) is 5.75 Å². The Morgan fingerprint density at radius 3 is 2.60 bits per heavy atom. The lowest BCUT2D eigenvalue weighted by atomic mass is 10.3. The highest BCUT2D eigenvalue weighted by atomic mass is 19.1. The van der Waals surface area contributed by atoms with E-state index in [1.807, 2.05) is 0 Å². The molecule has 0 aromatic heterocycles. The number of aliphatic hydroxyl groups is 1. The van der Waals surface area contributed by atoms with E-state index in [-0.39, 0.29) is 31.4 Å². The van der Waals surface area contributed by atoms with Gasteiger partial charge in [0.2, 0.25) is 5.91 Å². The lowest BCUT2D eigenvalue weighted by Gasteiger charge is -2.21. The molecule has 0 radical (unpaired) electrons. The Bertz CT molecular complexity index is 440. The van der Waals surface area contributed by atoms with Crippen molar-refractivity contribution < 1.29 is 19.0 Å². The molecular formula is C14H21FN2O3. The summed E-state index contributed by atoms with van der Waals surface area (Å²) in [7, 11) is 5.08. The quantitative estimate of drug-likeness (QED) is 0.796. The zero-order chi connectivity index (χ0) is 15.1. The summed E-state index contributed by atoms with van der Waals surface area (Å²) in [5.41, 5.74) is 0. The van der Waals surface area contributed by atoms with Crippen molar-refractivity contribution in [3.8, 4) is 5.75 Å². The Morgan fingerprint density at radius 1 is 1.35 bits per heavy atom. The van der Waals surface area contributed by atoms with Crippen LogP contribution in [0.1, 0.15) is 0 Å². The summed E-state index contributed by atoms with van der Waals surface area (Å²) in [5.74, 6) is -0.399. The second-order valence-corrected chi connectivity index (χ2v) is 4.88. The molecule has 6 heteroatoms. The van der Waals surface area contributed by atoms with E-state index in [2.05, 4.69) is 0 Å². The number of carbonyl (C=O) groups excluding carboxylic acids is 1. The average Bonchev–Trinajstić information content (AvgIpc) is 2.37. The van der Waals surface area contributed by atoms with Gasteiger partial charge in [0.15, 0.2) is 11.6 Å². The number of amides is 1. The molecule has 0 spiro atoms. The Hall–Kier alpha value is -1.66. The maximum atomic E-state index is 13.3. The summed E-state index contributed by atoms with van der Waals surface area (Å²) >= 11 is 0. The van der Waals surface area contributed by atoms with Gasteiger partial charge >= 0.3 is 0 Å². The number of ether oxygens (including phenoxy) is 1. The fraction of sp³-hybridized carbons (Fsp3) is 0.500. The highest BCUT2D eigenvalue weighted by Crippen LogP contribution is 2.15. The molecule has 1 unspecified atom stereocenters. The van der Waals surface area contributed by atoms with Crippen molar-refractivity contribution in [1.29, 1.82) is 0 Å². The third-order valence-electron chi connectivity index (χ3n) is 2.69. The number of rotatable bonds is 7. The van der Waals surface area contributed by atoms with Crippen molar-refractivity contribution in [2.24, 2.45) is 0 Å². The van der Waals surface area contributed by atoms with Crippen molar-refractivity contribution in [3.05, 3.63) is 30.1 Å². The van der Waals surface area contributed by atoms with E-state index in [0.717, 1.165) is 0 Å². The number of benzene rings is 1. The molecule has 5 nitrogen and oxygen atoms in total. The average molecular weight is 284 g/mol. The molecule has 1 atom stereocenters. The number of aliphatic hydroxyl groups excluding tert-OH is 1. The topological polar surface area (TPSA) is 53.0 Å². The lowest BCUT2D eigenvalue weighted by molar-refractivity contribution is -0.129. The van der Waals surface area contributed by atoms with E-state index >= 15 is 0 Å². The molecule has 0 aliphatic heterocycles. The third kappa shape index (κ3) is 5.54.